The van der Waals surface area contributed by atoms with Gasteiger partial charge in [0.2, 0.25) is 0 Å². The van der Waals surface area contributed by atoms with Gasteiger partial charge in [0.05, 0.1) is 10.0 Å². The monoisotopic (exact) mass is 281 g/mol. The third-order valence-electron chi connectivity index (χ3n) is 1.91. The molecule has 1 aromatic carbocycles. The Morgan fingerprint density at radius 3 is 2.25 bits per heavy atom. The minimum absolute atomic E-state index is 0.221. The van der Waals surface area contributed by atoms with E-state index in [0.717, 1.165) is 0 Å². The number of halogens is 3. The maximum atomic E-state index is 11.0. The average molecular weight is 283 g/mol. The molecule has 0 aliphatic rings. The molecule has 0 aliphatic heterocycles. The summed E-state index contributed by atoms with van der Waals surface area (Å²) in [6, 6.07) is 2.97. The fourth-order valence-corrected chi connectivity index (χ4v) is 2.03. The van der Waals surface area contributed by atoms with Gasteiger partial charge in [-0.3, -0.25) is 4.79 Å². The van der Waals surface area contributed by atoms with E-state index in [2.05, 4.69) is 0 Å². The third kappa shape index (κ3) is 3.17. The van der Waals surface area contributed by atoms with Crippen LogP contribution in [-0.4, -0.2) is 12.0 Å². The van der Waals surface area contributed by atoms with Gasteiger partial charge >= 0.3 is 0 Å². The number of nitrogens with two attached hydrogens (primary N) is 1. The molecule has 0 radical (unpaired) electrons. The topological polar surface area (TPSA) is 52.3 Å². The van der Waals surface area contributed by atoms with Gasteiger partial charge in [-0.2, -0.15) is 0 Å². The van der Waals surface area contributed by atoms with Crippen LogP contribution in [0.1, 0.15) is 13.3 Å². The zero-order chi connectivity index (χ0) is 12.3. The molecule has 0 aromatic heterocycles. The highest BCUT2D eigenvalue weighted by atomic mass is 35.5. The molecule has 1 unspecified atom stereocenters. The summed E-state index contributed by atoms with van der Waals surface area (Å²) in [5.74, 6) is -0.344. The number of amides is 1. The van der Waals surface area contributed by atoms with Crippen LogP contribution in [0.5, 0.6) is 5.75 Å². The van der Waals surface area contributed by atoms with E-state index in [1.54, 1.807) is 6.92 Å². The SMILES string of the molecule is CCC(Oc1c(Cl)cc(Cl)cc1Cl)C(N)=O. The number of primary amides is 1. The van der Waals surface area contributed by atoms with Crippen molar-refractivity contribution >= 4 is 40.7 Å². The molecule has 0 saturated carbocycles. The van der Waals surface area contributed by atoms with Crippen molar-refractivity contribution in [1.82, 2.24) is 0 Å². The van der Waals surface area contributed by atoms with Crippen molar-refractivity contribution in [2.45, 2.75) is 19.4 Å². The number of hydrogen-bond acceptors (Lipinski definition) is 2. The average Bonchev–Trinajstić information content (AvgIpc) is 2.15. The van der Waals surface area contributed by atoms with E-state index >= 15 is 0 Å². The molecular formula is C10H10Cl3NO2. The standard InChI is InChI=1S/C10H10Cl3NO2/c1-2-8(10(14)15)16-9-6(12)3-5(11)4-7(9)13/h3-4,8H,2H2,1H3,(H2,14,15). The first-order valence-electron chi connectivity index (χ1n) is 4.56. The number of rotatable bonds is 4. The van der Waals surface area contributed by atoms with Crippen molar-refractivity contribution in [1.29, 1.82) is 0 Å². The second-order valence-electron chi connectivity index (χ2n) is 3.12. The molecule has 6 heteroatoms. The summed E-state index contributed by atoms with van der Waals surface area (Å²) >= 11 is 17.5. The van der Waals surface area contributed by atoms with Gasteiger partial charge in [-0.15, -0.1) is 0 Å². The van der Waals surface area contributed by atoms with Crippen molar-refractivity contribution in [3.05, 3.63) is 27.2 Å². The molecule has 88 valence electrons. The first kappa shape index (κ1) is 13.4. The number of hydrogen-bond donors (Lipinski definition) is 1. The van der Waals surface area contributed by atoms with Gasteiger partial charge in [0.15, 0.2) is 11.9 Å². The molecule has 1 atom stereocenters. The highest BCUT2D eigenvalue weighted by molar-refractivity contribution is 6.40. The summed E-state index contributed by atoms with van der Waals surface area (Å²) in [7, 11) is 0. The molecule has 0 bridgehead atoms. The molecular weight excluding hydrogens is 272 g/mol. The Labute approximate surface area is 108 Å². The van der Waals surface area contributed by atoms with E-state index in [1.807, 2.05) is 0 Å². The molecule has 0 spiro atoms. The quantitative estimate of drug-likeness (QED) is 0.921. The number of benzene rings is 1. The van der Waals surface area contributed by atoms with Crippen LogP contribution in [0.15, 0.2) is 12.1 Å². The lowest BCUT2D eigenvalue weighted by Crippen LogP contribution is -2.33. The molecule has 0 aliphatic carbocycles. The maximum absolute atomic E-state index is 11.0. The Balaban J connectivity index is 3.01. The van der Waals surface area contributed by atoms with Crippen LogP contribution >= 0.6 is 34.8 Å². The van der Waals surface area contributed by atoms with Gasteiger partial charge in [0.1, 0.15) is 0 Å². The molecule has 16 heavy (non-hydrogen) atoms. The van der Waals surface area contributed by atoms with Crippen LogP contribution in [0.4, 0.5) is 0 Å². The number of carbonyl (C=O) groups is 1. The minimum atomic E-state index is -0.754. The highest BCUT2D eigenvalue weighted by Crippen LogP contribution is 2.36. The molecule has 0 fully saturated rings. The molecule has 2 N–H and O–H groups in total. The molecule has 1 amide bonds. The van der Waals surface area contributed by atoms with Crippen LogP contribution < -0.4 is 10.5 Å². The molecule has 1 rings (SSSR count). The van der Waals surface area contributed by atoms with Gasteiger partial charge in [0, 0.05) is 5.02 Å². The van der Waals surface area contributed by atoms with E-state index in [0.29, 0.717) is 11.4 Å². The Morgan fingerprint density at radius 1 is 1.38 bits per heavy atom. The lowest BCUT2D eigenvalue weighted by Gasteiger charge is -2.16. The third-order valence-corrected chi connectivity index (χ3v) is 2.69. The van der Waals surface area contributed by atoms with Gasteiger partial charge in [-0.05, 0) is 18.6 Å². The van der Waals surface area contributed by atoms with E-state index < -0.39 is 12.0 Å². The van der Waals surface area contributed by atoms with E-state index in [-0.39, 0.29) is 15.8 Å². The summed E-state index contributed by atoms with van der Waals surface area (Å²) in [5, 5.41) is 0.892. The lowest BCUT2D eigenvalue weighted by atomic mass is 10.2. The number of ether oxygens (including phenoxy) is 1. The normalized spacial score (nSPS) is 12.2. The smallest absolute Gasteiger partial charge is 0.258 e. The molecule has 1 aromatic rings. The summed E-state index contributed by atoms with van der Waals surface area (Å²) in [5.41, 5.74) is 5.15. The maximum Gasteiger partial charge on any atom is 0.258 e. The first-order chi connectivity index (χ1) is 7.45. The summed E-state index contributed by atoms with van der Waals surface area (Å²) in [6.45, 7) is 1.77. The van der Waals surface area contributed by atoms with Crippen LogP contribution in [0.25, 0.3) is 0 Å². The van der Waals surface area contributed by atoms with Crippen LogP contribution in [-0.2, 0) is 4.79 Å². The van der Waals surface area contributed by atoms with Gasteiger partial charge in [-0.1, -0.05) is 41.7 Å². The van der Waals surface area contributed by atoms with Crippen molar-refractivity contribution in [2.24, 2.45) is 5.73 Å². The van der Waals surface area contributed by atoms with E-state index in [1.165, 1.54) is 12.1 Å². The fourth-order valence-electron chi connectivity index (χ4n) is 1.13. The fraction of sp³-hybridized carbons (Fsp3) is 0.300. The first-order valence-corrected chi connectivity index (χ1v) is 5.69. The second-order valence-corrected chi connectivity index (χ2v) is 4.37. The number of carbonyl (C=O) groups excluding carboxylic acids is 1. The largest absolute Gasteiger partial charge is 0.477 e. The summed E-state index contributed by atoms with van der Waals surface area (Å²) in [4.78, 5) is 11.0. The highest BCUT2D eigenvalue weighted by Gasteiger charge is 2.18. The Kier molecular flexibility index (Phi) is 4.71. The van der Waals surface area contributed by atoms with Crippen LogP contribution in [0, 0.1) is 0 Å². The Hall–Kier alpha value is -0.640. The van der Waals surface area contributed by atoms with Gasteiger partial charge in [-0.25, -0.2) is 0 Å². The van der Waals surface area contributed by atoms with Crippen molar-refractivity contribution < 1.29 is 9.53 Å². The van der Waals surface area contributed by atoms with Crippen molar-refractivity contribution in [3.63, 3.8) is 0 Å². The lowest BCUT2D eigenvalue weighted by molar-refractivity contribution is -0.124. The Bertz CT molecular complexity index is 386. The minimum Gasteiger partial charge on any atom is -0.477 e. The molecule has 3 nitrogen and oxygen atoms in total. The summed E-state index contributed by atoms with van der Waals surface area (Å²) in [6.07, 6.45) is -0.318. The van der Waals surface area contributed by atoms with E-state index in [9.17, 15) is 4.79 Å². The predicted octanol–water partition coefficient (Wildman–Crippen LogP) is 3.29. The van der Waals surface area contributed by atoms with Crippen LogP contribution in [0.3, 0.4) is 0 Å². The molecule has 0 saturated heterocycles. The second kappa shape index (κ2) is 5.62. The van der Waals surface area contributed by atoms with Gasteiger partial charge < -0.3 is 10.5 Å². The zero-order valence-electron chi connectivity index (χ0n) is 8.47. The van der Waals surface area contributed by atoms with Crippen LogP contribution in [0.2, 0.25) is 15.1 Å². The predicted molar refractivity (Wildman–Crippen MR) is 65.4 cm³/mol. The van der Waals surface area contributed by atoms with Crippen molar-refractivity contribution in [3.8, 4) is 5.75 Å². The van der Waals surface area contributed by atoms with Crippen molar-refractivity contribution in [2.75, 3.05) is 0 Å². The van der Waals surface area contributed by atoms with E-state index in [4.69, 9.17) is 45.3 Å². The van der Waals surface area contributed by atoms with Gasteiger partial charge in [0.25, 0.3) is 5.91 Å². The summed E-state index contributed by atoms with van der Waals surface area (Å²) < 4.78 is 5.34. The molecule has 0 heterocycles. The zero-order valence-corrected chi connectivity index (χ0v) is 10.7. The Morgan fingerprint density at radius 2 is 1.88 bits per heavy atom.